The quantitative estimate of drug-likeness (QED) is 0.781. The predicted molar refractivity (Wildman–Crippen MR) is 91.9 cm³/mol. The Kier molecular flexibility index (Phi) is 5.68. The van der Waals surface area contributed by atoms with Crippen molar-refractivity contribution >= 4 is 6.29 Å². The van der Waals surface area contributed by atoms with Crippen molar-refractivity contribution < 1.29 is 9.53 Å². The molecular formula is C19H28N2O2. The molecular weight excluding hydrogens is 288 g/mol. The van der Waals surface area contributed by atoms with E-state index in [0.717, 1.165) is 44.5 Å². The summed E-state index contributed by atoms with van der Waals surface area (Å²) in [4.78, 5) is 16.0. The van der Waals surface area contributed by atoms with E-state index in [2.05, 4.69) is 16.7 Å². The number of ether oxygens (including phenoxy) is 1. The summed E-state index contributed by atoms with van der Waals surface area (Å²) in [7, 11) is 0. The molecule has 0 radical (unpaired) electrons. The van der Waals surface area contributed by atoms with Crippen LogP contribution in [0.2, 0.25) is 0 Å². The molecule has 1 atom stereocenters. The smallest absolute Gasteiger partial charge is 0.150 e. The van der Waals surface area contributed by atoms with Crippen molar-refractivity contribution in [3.8, 4) is 5.75 Å². The highest BCUT2D eigenvalue weighted by atomic mass is 16.5. The number of nitrogens with zero attached hydrogens (tertiary/aromatic N) is 2. The van der Waals surface area contributed by atoms with Gasteiger partial charge in [0, 0.05) is 18.7 Å². The lowest BCUT2D eigenvalue weighted by molar-refractivity contribution is -0.0147. The molecule has 2 saturated heterocycles. The number of carbonyl (C=O) groups is 1. The first-order chi connectivity index (χ1) is 11.3. The van der Waals surface area contributed by atoms with Crippen molar-refractivity contribution in [3.05, 3.63) is 29.8 Å². The Balaban J connectivity index is 1.50. The van der Waals surface area contributed by atoms with Gasteiger partial charge in [0.05, 0.1) is 6.17 Å². The average molecular weight is 316 g/mol. The molecule has 2 aliphatic rings. The van der Waals surface area contributed by atoms with Gasteiger partial charge in [-0.2, -0.15) is 0 Å². The third-order valence-corrected chi connectivity index (χ3v) is 5.20. The van der Waals surface area contributed by atoms with E-state index in [1.54, 1.807) is 0 Å². The van der Waals surface area contributed by atoms with Gasteiger partial charge in [0.25, 0.3) is 0 Å². The van der Waals surface area contributed by atoms with Crippen molar-refractivity contribution in [2.24, 2.45) is 0 Å². The average Bonchev–Trinajstić information content (AvgIpc) is 2.63. The fourth-order valence-electron chi connectivity index (χ4n) is 3.86. The van der Waals surface area contributed by atoms with Crippen LogP contribution in [0.15, 0.2) is 24.3 Å². The minimum atomic E-state index is 0.298. The zero-order valence-electron chi connectivity index (χ0n) is 14.1. The summed E-state index contributed by atoms with van der Waals surface area (Å²) >= 11 is 0. The molecule has 0 aliphatic carbocycles. The van der Waals surface area contributed by atoms with Gasteiger partial charge in [-0.15, -0.1) is 0 Å². The van der Waals surface area contributed by atoms with Crippen LogP contribution in [-0.2, 0) is 0 Å². The third kappa shape index (κ3) is 4.12. The Hall–Kier alpha value is -1.39. The summed E-state index contributed by atoms with van der Waals surface area (Å²) < 4.78 is 6.09. The molecule has 0 bridgehead atoms. The lowest BCUT2D eigenvalue weighted by Crippen LogP contribution is -2.54. The molecule has 1 aromatic carbocycles. The van der Waals surface area contributed by atoms with Crippen LogP contribution in [0.4, 0.5) is 0 Å². The summed E-state index contributed by atoms with van der Waals surface area (Å²) in [5.74, 6) is 0.877. The highest BCUT2D eigenvalue weighted by Crippen LogP contribution is 2.25. The number of rotatable bonds is 5. The normalized spacial score (nSPS) is 24.5. The van der Waals surface area contributed by atoms with E-state index in [1.165, 1.54) is 25.8 Å². The number of likely N-dealkylation sites (tertiary alicyclic amines) is 2. The van der Waals surface area contributed by atoms with E-state index in [1.807, 2.05) is 24.3 Å². The number of carbonyl (C=O) groups excluding carboxylic acids is 1. The van der Waals surface area contributed by atoms with Crippen molar-refractivity contribution in [1.82, 2.24) is 9.80 Å². The van der Waals surface area contributed by atoms with Gasteiger partial charge in [0.1, 0.15) is 18.1 Å². The first-order valence-corrected chi connectivity index (χ1v) is 9.00. The molecule has 0 amide bonds. The van der Waals surface area contributed by atoms with Crippen LogP contribution < -0.4 is 4.74 Å². The van der Waals surface area contributed by atoms with Crippen molar-refractivity contribution in [3.63, 3.8) is 0 Å². The zero-order chi connectivity index (χ0) is 16.1. The molecule has 3 rings (SSSR count). The Morgan fingerprint density at radius 3 is 2.48 bits per heavy atom. The van der Waals surface area contributed by atoms with Crippen LogP contribution in [0.25, 0.3) is 0 Å². The molecule has 0 spiro atoms. The summed E-state index contributed by atoms with van der Waals surface area (Å²) in [5, 5.41) is 0. The van der Waals surface area contributed by atoms with Gasteiger partial charge in [-0.3, -0.25) is 14.6 Å². The topological polar surface area (TPSA) is 32.8 Å². The molecule has 1 unspecified atom stereocenters. The highest BCUT2D eigenvalue weighted by molar-refractivity contribution is 5.74. The van der Waals surface area contributed by atoms with E-state index in [0.29, 0.717) is 17.8 Å². The van der Waals surface area contributed by atoms with Crippen LogP contribution in [0.3, 0.4) is 0 Å². The Morgan fingerprint density at radius 2 is 1.83 bits per heavy atom. The van der Waals surface area contributed by atoms with E-state index in [-0.39, 0.29) is 0 Å². The maximum atomic E-state index is 10.7. The lowest BCUT2D eigenvalue weighted by atomic mass is 10.0. The van der Waals surface area contributed by atoms with Crippen LogP contribution >= 0.6 is 0 Å². The second-order valence-electron chi connectivity index (χ2n) is 6.65. The van der Waals surface area contributed by atoms with Gasteiger partial charge in [0.2, 0.25) is 0 Å². The molecule has 1 aromatic rings. The van der Waals surface area contributed by atoms with E-state index in [4.69, 9.17) is 4.74 Å². The molecule has 2 fully saturated rings. The van der Waals surface area contributed by atoms with Crippen molar-refractivity contribution in [1.29, 1.82) is 0 Å². The van der Waals surface area contributed by atoms with Crippen LogP contribution in [0.5, 0.6) is 5.75 Å². The van der Waals surface area contributed by atoms with Crippen LogP contribution in [0.1, 0.15) is 49.4 Å². The van der Waals surface area contributed by atoms with Crippen LogP contribution in [0, 0.1) is 0 Å². The molecule has 2 aliphatic heterocycles. The summed E-state index contributed by atoms with van der Waals surface area (Å²) in [5.41, 5.74) is 0.698. The highest BCUT2D eigenvalue weighted by Gasteiger charge is 2.30. The monoisotopic (exact) mass is 316 g/mol. The minimum Gasteiger partial charge on any atom is -0.490 e. The van der Waals surface area contributed by atoms with Gasteiger partial charge in [0.15, 0.2) is 0 Å². The number of aldehydes is 1. The van der Waals surface area contributed by atoms with Gasteiger partial charge in [-0.25, -0.2) is 0 Å². The molecule has 23 heavy (non-hydrogen) atoms. The van der Waals surface area contributed by atoms with E-state index >= 15 is 0 Å². The van der Waals surface area contributed by atoms with Gasteiger partial charge in [-0.1, -0.05) is 6.92 Å². The van der Waals surface area contributed by atoms with E-state index < -0.39 is 0 Å². The lowest BCUT2D eigenvalue weighted by Gasteiger charge is -2.45. The number of benzene rings is 1. The predicted octanol–water partition coefficient (Wildman–Crippen LogP) is 3.17. The van der Waals surface area contributed by atoms with E-state index in [9.17, 15) is 4.79 Å². The second-order valence-corrected chi connectivity index (χ2v) is 6.65. The molecule has 126 valence electrons. The third-order valence-electron chi connectivity index (χ3n) is 5.20. The summed E-state index contributed by atoms with van der Waals surface area (Å²) in [6.45, 7) is 6.93. The molecule has 0 aromatic heterocycles. The number of hydrogen-bond acceptors (Lipinski definition) is 4. The van der Waals surface area contributed by atoms with Gasteiger partial charge in [-0.05, 0) is 69.5 Å². The molecule has 4 heteroatoms. The fourth-order valence-corrected chi connectivity index (χ4v) is 3.86. The first-order valence-electron chi connectivity index (χ1n) is 9.00. The molecule has 4 nitrogen and oxygen atoms in total. The molecule has 2 heterocycles. The molecule has 0 saturated carbocycles. The van der Waals surface area contributed by atoms with Crippen molar-refractivity contribution in [2.45, 2.75) is 51.3 Å². The Labute approximate surface area is 139 Å². The zero-order valence-corrected chi connectivity index (χ0v) is 14.1. The standard InChI is InChI=1S/C19H28N2O2/c1-2-20-12-4-3-5-19(20)21-13-10-18(11-14-21)23-17-8-6-16(15-22)7-9-17/h6-9,15,18-19H,2-5,10-14H2,1H3. The van der Waals surface area contributed by atoms with Gasteiger partial charge >= 0.3 is 0 Å². The van der Waals surface area contributed by atoms with Crippen molar-refractivity contribution in [2.75, 3.05) is 26.2 Å². The maximum absolute atomic E-state index is 10.7. The Morgan fingerprint density at radius 1 is 1.09 bits per heavy atom. The second kappa shape index (κ2) is 7.93. The SMILES string of the molecule is CCN1CCCCC1N1CCC(Oc2ccc(C=O)cc2)CC1. The fraction of sp³-hybridized carbons (Fsp3) is 0.632. The largest absolute Gasteiger partial charge is 0.490 e. The number of piperidine rings is 2. The summed E-state index contributed by atoms with van der Waals surface area (Å²) in [6, 6.07) is 7.43. The van der Waals surface area contributed by atoms with Crippen LogP contribution in [-0.4, -0.2) is 54.5 Å². The minimum absolute atomic E-state index is 0.298. The molecule has 0 N–H and O–H groups in total. The first kappa shape index (κ1) is 16.5. The Bertz CT molecular complexity index is 495. The number of hydrogen-bond donors (Lipinski definition) is 0. The van der Waals surface area contributed by atoms with Gasteiger partial charge < -0.3 is 4.74 Å². The maximum Gasteiger partial charge on any atom is 0.150 e. The summed E-state index contributed by atoms with van der Waals surface area (Å²) in [6.07, 6.45) is 8.00.